The summed E-state index contributed by atoms with van der Waals surface area (Å²) in [7, 11) is 0. The van der Waals surface area contributed by atoms with Crippen LogP contribution >= 0.6 is 11.6 Å². The molecule has 0 heterocycles. The lowest BCUT2D eigenvalue weighted by Gasteiger charge is -2.20. The van der Waals surface area contributed by atoms with Crippen LogP contribution in [0, 0.1) is 0 Å². The number of urea groups is 1. The lowest BCUT2D eigenvalue weighted by Crippen LogP contribution is -2.49. The van der Waals surface area contributed by atoms with Crippen LogP contribution in [0.5, 0.6) is 0 Å². The number of ether oxygens (including phenoxy) is 1. The average Bonchev–Trinajstić information content (AvgIpc) is 2.42. The molecular weight excluding hydrogens is 320 g/mol. The van der Waals surface area contributed by atoms with Gasteiger partial charge in [-0.25, -0.2) is 9.59 Å². The van der Waals surface area contributed by atoms with E-state index in [1.165, 1.54) is 6.08 Å². The van der Waals surface area contributed by atoms with Crippen molar-refractivity contribution in [1.29, 1.82) is 0 Å². The molecule has 6 nitrogen and oxygen atoms in total. The minimum atomic E-state index is -0.716. The van der Waals surface area contributed by atoms with Gasteiger partial charge in [-0.1, -0.05) is 29.8 Å². The minimum absolute atomic E-state index is 0.473. The van der Waals surface area contributed by atoms with Crippen LogP contribution in [0.3, 0.4) is 0 Å². The SMILES string of the molecule is CC(C)(C)NC(=O)NC(=O)COC(=O)/C=C/c1ccccc1Cl. The molecule has 23 heavy (non-hydrogen) atoms. The van der Waals surface area contributed by atoms with E-state index >= 15 is 0 Å². The van der Waals surface area contributed by atoms with Crippen LogP contribution in [0.25, 0.3) is 6.08 Å². The van der Waals surface area contributed by atoms with Gasteiger partial charge >= 0.3 is 12.0 Å². The van der Waals surface area contributed by atoms with Gasteiger partial charge in [-0.2, -0.15) is 0 Å². The number of imide groups is 1. The van der Waals surface area contributed by atoms with Gasteiger partial charge in [-0.3, -0.25) is 10.1 Å². The summed E-state index contributed by atoms with van der Waals surface area (Å²) in [6, 6.07) is 6.32. The first-order valence-corrected chi connectivity index (χ1v) is 7.26. The van der Waals surface area contributed by atoms with Crippen LogP contribution in [-0.4, -0.2) is 30.1 Å². The molecule has 0 spiro atoms. The summed E-state index contributed by atoms with van der Waals surface area (Å²) in [5.74, 6) is -1.43. The van der Waals surface area contributed by atoms with Gasteiger partial charge in [0.25, 0.3) is 5.91 Å². The largest absolute Gasteiger partial charge is 0.452 e. The van der Waals surface area contributed by atoms with E-state index < -0.39 is 30.1 Å². The normalized spacial score (nSPS) is 11.1. The van der Waals surface area contributed by atoms with Gasteiger partial charge in [0.2, 0.25) is 0 Å². The lowest BCUT2D eigenvalue weighted by atomic mass is 10.1. The number of halogens is 1. The molecule has 0 aliphatic heterocycles. The summed E-state index contributed by atoms with van der Waals surface area (Å²) in [5.41, 5.74) is 0.179. The number of hydrogen-bond donors (Lipinski definition) is 2. The van der Waals surface area contributed by atoms with Crippen molar-refractivity contribution in [3.05, 3.63) is 40.9 Å². The number of benzene rings is 1. The molecule has 0 saturated heterocycles. The first-order chi connectivity index (χ1) is 10.7. The molecule has 0 aliphatic rings. The van der Waals surface area contributed by atoms with E-state index in [4.69, 9.17) is 16.3 Å². The molecule has 0 unspecified atom stereocenters. The molecule has 3 amide bonds. The van der Waals surface area contributed by atoms with Crippen molar-refractivity contribution in [2.24, 2.45) is 0 Å². The van der Waals surface area contributed by atoms with Gasteiger partial charge in [0.05, 0.1) is 0 Å². The average molecular weight is 339 g/mol. The van der Waals surface area contributed by atoms with Crippen LogP contribution in [0.15, 0.2) is 30.3 Å². The Morgan fingerprint density at radius 2 is 1.87 bits per heavy atom. The highest BCUT2D eigenvalue weighted by atomic mass is 35.5. The van der Waals surface area contributed by atoms with Crippen LogP contribution in [-0.2, 0) is 14.3 Å². The van der Waals surface area contributed by atoms with Crippen molar-refractivity contribution >= 4 is 35.6 Å². The Morgan fingerprint density at radius 1 is 1.22 bits per heavy atom. The molecule has 1 rings (SSSR count). The first kappa shape index (κ1) is 18.7. The number of esters is 1. The Balaban J connectivity index is 2.40. The summed E-state index contributed by atoms with van der Waals surface area (Å²) in [5, 5.41) is 5.11. The molecule has 2 N–H and O–H groups in total. The summed E-state index contributed by atoms with van der Waals surface area (Å²) in [4.78, 5) is 34.4. The van der Waals surface area contributed by atoms with Gasteiger partial charge in [-0.05, 0) is 38.5 Å². The van der Waals surface area contributed by atoms with Crippen molar-refractivity contribution in [2.75, 3.05) is 6.61 Å². The van der Waals surface area contributed by atoms with Gasteiger partial charge in [0.15, 0.2) is 6.61 Å². The maximum absolute atomic E-state index is 11.5. The quantitative estimate of drug-likeness (QED) is 0.652. The van der Waals surface area contributed by atoms with Crippen LogP contribution < -0.4 is 10.6 Å². The van der Waals surface area contributed by atoms with E-state index in [2.05, 4.69) is 10.6 Å². The van der Waals surface area contributed by atoms with Crippen LogP contribution in [0.4, 0.5) is 4.79 Å². The Bertz CT molecular complexity index is 621. The maximum Gasteiger partial charge on any atom is 0.331 e. The Hall–Kier alpha value is -2.34. The molecule has 0 bridgehead atoms. The Labute approximate surface area is 139 Å². The number of hydrogen-bond acceptors (Lipinski definition) is 4. The van der Waals surface area contributed by atoms with Gasteiger partial charge in [0, 0.05) is 16.6 Å². The predicted molar refractivity (Wildman–Crippen MR) is 87.9 cm³/mol. The summed E-state index contributed by atoms with van der Waals surface area (Å²) in [6.07, 6.45) is 2.64. The van der Waals surface area contributed by atoms with Crippen molar-refractivity contribution < 1.29 is 19.1 Å². The zero-order valence-corrected chi connectivity index (χ0v) is 13.9. The highest BCUT2D eigenvalue weighted by molar-refractivity contribution is 6.32. The number of carbonyl (C=O) groups is 3. The summed E-state index contributed by atoms with van der Waals surface area (Å²) >= 11 is 5.93. The molecule has 0 radical (unpaired) electrons. The Kier molecular flexibility index (Phi) is 6.78. The second-order valence-electron chi connectivity index (χ2n) is 5.71. The number of amides is 3. The monoisotopic (exact) mass is 338 g/mol. The van der Waals surface area contributed by atoms with E-state index in [1.807, 2.05) is 0 Å². The smallest absolute Gasteiger partial charge is 0.331 e. The number of nitrogens with one attached hydrogen (secondary N) is 2. The fourth-order valence-corrected chi connectivity index (χ4v) is 1.69. The third-order valence-corrected chi connectivity index (χ3v) is 2.74. The predicted octanol–water partition coefficient (Wildman–Crippen LogP) is 2.52. The highest BCUT2D eigenvalue weighted by Crippen LogP contribution is 2.16. The fourth-order valence-electron chi connectivity index (χ4n) is 1.49. The molecule has 1 aromatic rings. The molecule has 7 heteroatoms. The van der Waals surface area contributed by atoms with E-state index in [0.29, 0.717) is 10.6 Å². The van der Waals surface area contributed by atoms with Crippen molar-refractivity contribution in [3.63, 3.8) is 0 Å². The van der Waals surface area contributed by atoms with E-state index in [0.717, 1.165) is 6.08 Å². The molecule has 0 aliphatic carbocycles. The molecule has 124 valence electrons. The molecule has 0 aromatic heterocycles. The number of rotatable bonds is 4. The van der Waals surface area contributed by atoms with Crippen molar-refractivity contribution in [2.45, 2.75) is 26.3 Å². The molecule has 0 atom stereocenters. The van der Waals surface area contributed by atoms with E-state index in [9.17, 15) is 14.4 Å². The summed E-state index contributed by atoms with van der Waals surface area (Å²) < 4.78 is 4.74. The van der Waals surface area contributed by atoms with Crippen LogP contribution in [0.1, 0.15) is 26.3 Å². The zero-order chi connectivity index (χ0) is 17.5. The third-order valence-electron chi connectivity index (χ3n) is 2.39. The van der Waals surface area contributed by atoms with Gasteiger partial charge < -0.3 is 10.1 Å². The first-order valence-electron chi connectivity index (χ1n) is 6.89. The second kappa shape index (κ2) is 8.33. The zero-order valence-electron chi connectivity index (χ0n) is 13.2. The topological polar surface area (TPSA) is 84.5 Å². The molecule has 0 fully saturated rings. The van der Waals surface area contributed by atoms with E-state index in [1.54, 1.807) is 45.0 Å². The van der Waals surface area contributed by atoms with Gasteiger partial charge in [-0.15, -0.1) is 0 Å². The molecule has 0 saturated carbocycles. The standard InChI is InChI=1S/C16H19ClN2O4/c1-16(2,3)19-15(22)18-13(20)10-23-14(21)9-8-11-6-4-5-7-12(11)17/h4-9H,10H2,1-3H3,(H2,18,19,20,22)/b9-8+. The second-order valence-corrected chi connectivity index (χ2v) is 6.12. The van der Waals surface area contributed by atoms with Crippen LogP contribution in [0.2, 0.25) is 5.02 Å². The molecular formula is C16H19ClN2O4. The van der Waals surface area contributed by atoms with E-state index in [-0.39, 0.29) is 0 Å². The third kappa shape index (κ3) is 8.01. The maximum atomic E-state index is 11.5. The van der Waals surface area contributed by atoms with Crippen molar-refractivity contribution in [3.8, 4) is 0 Å². The highest BCUT2D eigenvalue weighted by Gasteiger charge is 2.16. The molecule has 1 aromatic carbocycles. The minimum Gasteiger partial charge on any atom is -0.452 e. The number of carbonyl (C=O) groups excluding carboxylic acids is 3. The van der Waals surface area contributed by atoms with Crippen molar-refractivity contribution in [1.82, 2.24) is 10.6 Å². The van der Waals surface area contributed by atoms with Gasteiger partial charge in [0.1, 0.15) is 0 Å². The lowest BCUT2D eigenvalue weighted by molar-refractivity contribution is -0.143. The Morgan fingerprint density at radius 3 is 2.48 bits per heavy atom. The fraction of sp³-hybridized carbons (Fsp3) is 0.312. The summed E-state index contributed by atoms with van der Waals surface area (Å²) in [6.45, 7) is 4.77.